The molecule has 0 aliphatic rings. The first-order chi connectivity index (χ1) is 9.38. The van der Waals surface area contributed by atoms with Gasteiger partial charge in [-0.1, -0.05) is 50.6 Å². The largest absolute Gasteiger partial charge is 0.316 e. The lowest BCUT2D eigenvalue weighted by Gasteiger charge is -2.18. The second kappa shape index (κ2) is 11.4. The first-order valence-corrected chi connectivity index (χ1v) is 8.87. The molecule has 19 heavy (non-hydrogen) atoms. The van der Waals surface area contributed by atoms with Gasteiger partial charge in [0.05, 0.1) is 0 Å². The molecule has 1 atom stereocenters. The van der Waals surface area contributed by atoms with E-state index in [1.54, 1.807) is 0 Å². The Morgan fingerprint density at radius 1 is 1.11 bits per heavy atom. The van der Waals surface area contributed by atoms with Crippen LogP contribution in [0.25, 0.3) is 0 Å². The summed E-state index contributed by atoms with van der Waals surface area (Å²) in [5.74, 6) is 3.25. The smallest absolute Gasteiger partial charge is 0.00201 e. The summed E-state index contributed by atoms with van der Waals surface area (Å²) in [5, 5.41) is 3.58. The summed E-state index contributed by atoms with van der Waals surface area (Å²) in [7, 11) is 0. The first-order valence-electron chi connectivity index (χ1n) is 7.71. The zero-order chi connectivity index (χ0) is 13.8. The molecule has 0 aliphatic carbocycles. The van der Waals surface area contributed by atoms with Gasteiger partial charge in [-0.15, -0.1) is 0 Å². The quantitative estimate of drug-likeness (QED) is 0.590. The van der Waals surface area contributed by atoms with Crippen LogP contribution in [0.15, 0.2) is 30.3 Å². The van der Waals surface area contributed by atoms with Crippen molar-refractivity contribution in [2.45, 2.75) is 45.4 Å². The summed E-state index contributed by atoms with van der Waals surface area (Å²) in [6.07, 6.45) is 5.23. The number of hydrogen-bond acceptors (Lipinski definition) is 2. The topological polar surface area (TPSA) is 12.0 Å². The van der Waals surface area contributed by atoms with Gasteiger partial charge in [0.2, 0.25) is 0 Å². The average molecular weight is 279 g/mol. The zero-order valence-corrected chi connectivity index (χ0v) is 13.3. The van der Waals surface area contributed by atoms with Crippen molar-refractivity contribution in [2.24, 2.45) is 0 Å². The number of unbranched alkanes of at least 4 members (excludes halogenated alkanes) is 1. The Morgan fingerprint density at radius 3 is 2.58 bits per heavy atom. The highest BCUT2D eigenvalue weighted by Gasteiger charge is 2.10. The van der Waals surface area contributed by atoms with E-state index >= 15 is 0 Å². The van der Waals surface area contributed by atoms with E-state index in [4.69, 9.17) is 0 Å². The lowest BCUT2D eigenvalue weighted by molar-refractivity contribution is 0.529. The van der Waals surface area contributed by atoms with Gasteiger partial charge in [0.1, 0.15) is 0 Å². The number of rotatable bonds is 11. The molecular formula is C17H29NS. The molecule has 0 saturated carbocycles. The van der Waals surface area contributed by atoms with Crippen molar-refractivity contribution in [1.29, 1.82) is 0 Å². The molecule has 2 heteroatoms. The van der Waals surface area contributed by atoms with E-state index in [-0.39, 0.29) is 0 Å². The maximum absolute atomic E-state index is 3.58. The summed E-state index contributed by atoms with van der Waals surface area (Å²) < 4.78 is 0. The van der Waals surface area contributed by atoms with Crippen molar-refractivity contribution in [1.82, 2.24) is 5.32 Å². The van der Waals surface area contributed by atoms with Crippen LogP contribution in [0.5, 0.6) is 0 Å². The predicted molar refractivity (Wildman–Crippen MR) is 89.2 cm³/mol. The van der Waals surface area contributed by atoms with Crippen molar-refractivity contribution >= 4 is 11.8 Å². The van der Waals surface area contributed by atoms with Gasteiger partial charge in [0.25, 0.3) is 0 Å². The van der Waals surface area contributed by atoms with Gasteiger partial charge in [-0.05, 0) is 48.8 Å². The van der Waals surface area contributed by atoms with E-state index in [1.165, 1.54) is 42.8 Å². The molecule has 0 radical (unpaired) electrons. The first kappa shape index (κ1) is 16.6. The highest BCUT2D eigenvalue weighted by atomic mass is 32.2. The maximum Gasteiger partial charge on any atom is 0.00201 e. The highest BCUT2D eigenvalue weighted by molar-refractivity contribution is 7.99. The fraction of sp³-hybridized carbons (Fsp3) is 0.647. The van der Waals surface area contributed by atoms with Crippen LogP contribution in [-0.4, -0.2) is 24.6 Å². The van der Waals surface area contributed by atoms with Gasteiger partial charge in [0, 0.05) is 6.54 Å². The van der Waals surface area contributed by atoms with Crippen LogP contribution in [0.3, 0.4) is 0 Å². The van der Waals surface area contributed by atoms with E-state index < -0.39 is 0 Å². The number of hydrogen-bond donors (Lipinski definition) is 1. The van der Waals surface area contributed by atoms with E-state index in [9.17, 15) is 0 Å². The fourth-order valence-corrected chi connectivity index (χ4v) is 3.00. The highest BCUT2D eigenvalue weighted by Crippen LogP contribution is 2.22. The van der Waals surface area contributed by atoms with Gasteiger partial charge in [-0.25, -0.2) is 0 Å². The number of thioether (sulfide) groups is 1. The molecule has 0 fully saturated rings. The van der Waals surface area contributed by atoms with Crippen LogP contribution in [0, 0.1) is 0 Å². The molecular weight excluding hydrogens is 250 g/mol. The Bertz CT molecular complexity index is 299. The molecule has 0 spiro atoms. The molecule has 1 aromatic rings. The molecule has 0 amide bonds. The number of nitrogens with one attached hydrogen (secondary N) is 1. The Balaban J connectivity index is 2.36. The number of benzene rings is 1. The third kappa shape index (κ3) is 7.64. The third-order valence-electron chi connectivity index (χ3n) is 3.38. The second-order valence-electron chi connectivity index (χ2n) is 5.00. The minimum atomic E-state index is 0.680. The van der Waals surface area contributed by atoms with Gasteiger partial charge in [-0.2, -0.15) is 11.8 Å². The minimum absolute atomic E-state index is 0.680. The second-order valence-corrected chi connectivity index (χ2v) is 6.40. The SMILES string of the molecule is CCCNCC(CCCCSCC)c1ccccc1. The molecule has 1 unspecified atom stereocenters. The molecule has 0 aromatic heterocycles. The lowest BCUT2D eigenvalue weighted by atomic mass is 9.93. The van der Waals surface area contributed by atoms with E-state index in [2.05, 4.69) is 61.3 Å². The van der Waals surface area contributed by atoms with Crippen LogP contribution < -0.4 is 5.32 Å². The van der Waals surface area contributed by atoms with Gasteiger partial charge < -0.3 is 5.32 Å². The Kier molecular flexibility index (Phi) is 9.92. The molecule has 1 aromatic carbocycles. The lowest BCUT2D eigenvalue weighted by Crippen LogP contribution is -2.22. The van der Waals surface area contributed by atoms with Crippen molar-refractivity contribution in [3.8, 4) is 0 Å². The Labute approximate surface area is 123 Å². The molecule has 1 nitrogen and oxygen atoms in total. The maximum atomic E-state index is 3.58. The van der Waals surface area contributed by atoms with E-state index in [0.29, 0.717) is 5.92 Å². The molecule has 0 heterocycles. The summed E-state index contributed by atoms with van der Waals surface area (Å²) in [5.41, 5.74) is 1.49. The molecule has 108 valence electrons. The van der Waals surface area contributed by atoms with Gasteiger partial charge in [-0.3, -0.25) is 0 Å². The van der Waals surface area contributed by atoms with Crippen LogP contribution in [0.4, 0.5) is 0 Å². The third-order valence-corrected chi connectivity index (χ3v) is 4.37. The minimum Gasteiger partial charge on any atom is -0.316 e. The van der Waals surface area contributed by atoms with Crippen molar-refractivity contribution in [2.75, 3.05) is 24.6 Å². The Morgan fingerprint density at radius 2 is 1.89 bits per heavy atom. The van der Waals surface area contributed by atoms with Crippen molar-refractivity contribution < 1.29 is 0 Å². The van der Waals surface area contributed by atoms with Crippen LogP contribution in [0.1, 0.15) is 51.0 Å². The molecule has 1 N–H and O–H groups in total. The standard InChI is InChI=1S/C17H29NS/c1-3-13-18-15-17(12-8-9-14-19-4-2)16-10-6-5-7-11-16/h5-7,10-11,17-18H,3-4,8-9,12-15H2,1-2H3. The Hall–Kier alpha value is -0.470. The normalized spacial score (nSPS) is 12.5. The van der Waals surface area contributed by atoms with E-state index in [1.807, 2.05) is 0 Å². The van der Waals surface area contributed by atoms with Crippen LogP contribution >= 0.6 is 11.8 Å². The zero-order valence-electron chi connectivity index (χ0n) is 12.5. The van der Waals surface area contributed by atoms with Crippen molar-refractivity contribution in [3.05, 3.63) is 35.9 Å². The van der Waals surface area contributed by atoms with E-state index in [0.717, 1.165) is 13.1 Å². The van der Waals surface area contributed by atoms with Crippen LogP contribution in [-0.2, 0) is 0 Å². The van der Waals surface area contributed by atoms with Gasteiger partial charge in [0.15, 0.2) is 0 Å². The van der Waals surface area contributed by atoms with Gasteiger partial charge >= 0.3 is 0 Å². The predicted octanol–water partition coefficient (Wildman–Crippen LogP) is 4.69. The summed E-state index contributed by atoms with van der Waals surface area (Å²) in [6, 6.07) is 11.0. The molecule has 0 saturated heterocycles. The molecule has 0 bridgehead atoms. The fourth-order valence-electron chi connectivity index (χ4n) is 2.30. The van der Waals surface area contributed by atoms with Crippen molar-refractivity contribution in [3.63, 3.8) is 0 Å². The summed E-state index contributed by atoms with van der Waals surface area (Å²) in [4.78, 5) is 0. The van der Waals surface area contributed by atoms with Crippen LogP contribution in [0.2, 0.25) is 0 Å². The summed E-state index contributed by atoms with van der Waals surface area (Å²) in [6.45, 7) is 6.73. The summed E-state index contributed by atoms with van der Waals surface area (Å²) >= 11 is 2.06. The molecule has 1 rings (SSSR count). The average Bonchev–Trinajstić information content (AvgIpc) is 2.46. The monoisotopic (exact) mass is 279 g/mol. The molecule has 0 aliphatic heterocycles.